The first-order valence-electron chi connectivity index (χ1n) is 5.28. The molecule has 86 valence electrons. The highest BCUT2D eigenvalue weighted by Crippen LogP contribution is 2.16. The molecule has 0 atom stereocenters. The van der Waals surface area contributed by atoms with E-state index in [0.29, 0.717) is 13.0 Å². The fourth-order valence-electron chi connectivity index (χ4n) is 2.41. The van der Waals surface area contributed by atoms with Crippen molar-refractivity contribution in [2.24, 2.45) is 0 Å². The van der Waals surface area contributed by atoms with Crippen LogP contribution in [0.15, 0.2) is 30.0 Å². The number of hydrogen-bond donors (Lipinski definition) is 1. The highest BCUT2D eigenvalue weighted by atomic mass is 16.6. The topological polar surface area (TPSA) is 66.6 Å². The zero-order valence-corrected chi connectivity index (χ0v) is 8.96. The molecule has 2 aliphatic rings. The smallest absolute Gasteiger partial charge is 0.250 e. The number of hydrogen-bond acceptors (Lipinski definition) is 4. The van der Waals surface area contributed by atoms with Crippen molar-refractivity contribution >= 4 is 11.8 Å². The molecule has 0 fully saturated rings. The average molecular weight is 230 g/mol. The molecule has 0 bridgehead atoms. The largest absolute Gasteiger partial charge is 0.289 e. The van der Waals surface area contributed by atoms with Gasteiger partial charge < -0.3 is 0 Å². The molecular formula is C12H10N2O3. The van der Waals surface area contributed by atoms with E-state index < -0.39 is 0 Å². The van der Waals surface area contributed by atoms with E-state index in [0.717, 1.165) is 26.6 Å². The minimum Gasteiger partial charge on any atom is -0.289 e. The lowest BCUT2D eigenvalue weighted by atomic mass is 9.94. The Bertz CT molecular complexity index is 661. The van der Waals surface area contributed by atoms with E-state index in [4.69, 9.17) is 0 Å². The van der Waals surface area contributed by atoms with E-state index in [9.17, 15) is 15.3 Å². The van der Waals surface area contributed by atoms with Crippen LogP contribution in [0.25, 0.3) is 11.8 Å². The number of benzene rings is 1. The summed E-state index contributed by atoms with van der Waals surface area (Å²) in [6, 6.07) is 5.65. The van der Waals surface area contributed by atoms with Crippen molar-refractivity contribution in [2.75, 3.05) is 6.54 Å². The second kappa shape index (κ2) is 3.43. The van der Waals surface area contributed by atoms with Crippen LogP contribution in [0.1, 0.15) is 5.56 Å². The summed E-state index contributed by atoms with van der Waals surface area (Å²) in [5, 5.41) is 23.4. The predicted molar refractivity (Wildman–Crippen MR) is 60.8 cm³/mol. The quantitative estimate of drug-likeness (QED) is 0.544. The van der Waals surface area contributed by atoms with Crippen LogP contribution < -0.4 is 10.4 Å². The van der Waals surface area contributed by atoms with Gasteiger partial charge in [-0.05, 0) is 16.4 Å². The number of rotatable bonds is 1. The van der Waals surface area contributed by atoms with Gasteiger partial charge in [-0.1, -0.05) is 18.2 Å². The van der Waals surface area contributed by atoms with Crippen LogP contribution in [0, 0.1) is 10.1 Å². The highest BCUT2D eigenvalue weighted by Gasteiger charge is 2.22. The number of hydroxylamine groups is 2. The maximum atomic E-state index is 10.9. The van der Waals surface area contributed by atoms with Crippen molar-refractivity contribution in [3.05, 3.63) is 56.1 Å². The van der Waals surface area contributed by atoms with Crippen LogP contribution in [-0.2, 0) is 6.42 Å². The Kier molecular flexibility index (Phi) is 2.02. The maximum absolute atomic E-state index is 10.9. The Morgan fingerprint density at radius 2 is 2.24 bits per heavy atom. The molecule has 0 aromatic heterocycles. The molecule has 0 saturated carbocycles. The Hall–Kier alpha value is -2.14. The first kappa shape index (κ1) is 10.0. The SMILES string of the molecule is O=[N+]([O-])C1=CC2=c3c(cccc3=CN(O)C2)C1. The Balaban J connectivity index is 2.34. The van der Waals surface area contributed by atoms with Gasteiger partial charge in [-0.15, -0.1) is 0 Å². The minimum absolute atomic E-state index is 0.181. The zero-order valence-electron chi connectivity index (χ0n) is 8.96. The van der Waals surface area contributed by atoms with Gasteiger partial charge in [-0.3, -0.25) is 20.4 Å². The van der Waals surface area contributed by atoms with E-state index >= 15 is 0 Å². The van der Waals surface area contributed by atoms with Crippen molar-refractivity contribution in [1.82, 2.24) is 5.06 Å². The molecule has 1 aromatic carbocycles. The Labute approximate surface area is 96.7 Å². The standard InChI is InChI=1S/C12H10N2O3/c15-13-6-9-3-1-2-8-4-11(14(16)17)5-10(7-13)12(8)9/h1-3,5-6,15H,4,7H2. The van der Waals surface area contributed by atoms with Gasteiger partial charge in [-0.2, -0.15) is 0 Å². The summed E-state index contributed by atoms with van der Waals surface area (Å²) >= 11 is 0. The summed E-state index contributed by atoms with van der Waals surface area (Å²) in [5.74, 6) is 0. The minimum atomic E-state index is -0.358. The van der Waals surface area contributed by atoms with Crippen molar-refractivity contribution in [3.63, 3.8) is 0 Å². The van der Waals surface area contributed by atoms with Gasteiger partial charge in [0.05, 0.1) is 17.9 Å². The molecule has 5 nitrogen and oxygen atoms in total. The lowest BCUT2D eigenvalue weighted by Gasteiger charge is -2.21. The monoisotopic (exact) mass is 230 g/mol. The molecule has 0 saturated heterocycles. The van der Waals surface area contributed by atoms with Gasteiger partial charge in [0.15, 0.2) is 0 Å². The van der Waals surface area contributed by atoms with E-state index in [1.165, 1.54) is 0 Å². The Morgan fingerprint density at radius 3 is 3.00 bits per heavy atom. The maximum Gasteiger partial charge on any atom is 0.250 e. The molecule has 17 heavy (non-hydrogen) atoms. The molecule has 0 unspecified atom stereocenters. The van der Waals surface area contributed by atoms with Gasteiger partial charge in [-0.25, -0.2) is 0 Å². The van der Waals surface area contributed by atoms with Crippen molar-refractivity contribution in [3.8, 4) is 0 Å². The number of allylic oxidation sites excluding steroid dienone is 1. The summed E-state index contributed by atoms with van der Waals surface area (Å²) in [6.45, 7) is 0.293. The summed E-state index contributed by atoms with van der Waals surface area (Å²) in [4.78, 5) is 10.5. The van der Waals surface area contributed by atoms with E-state index in [1.54, 1.807) is 12.3 Å². The van der Waals surface area contributed by atoms with Gasteiger partial charge in [0, 0.05) is 17.5 Å². The lowest BCUT2D eigenvalue weighted by Crippen LogP contribution is -2.41. The van der Waals surface area contributed by atoms with Crippen LogP contribution >= 0.6 is 0 Å². The van der Waals surface area contributed by atoms with Crippen molar-refractivity contribution < 1.29 is 10.1 Å². The molecule has 3 rings (SSSR count). The molecule has 0 spiro atoms. The lowest BCUT2D eigenvalue weighted by molar-refractivity contribution is -0.427. The number of nitrogens with zero attached hydrogens (tertiary/aromatic N) is 2. The second-order valence-electron chi connectivity index (χ2n) is 4.20. The summed E-state index contributed by atoms with van der Waals surface area (Å²) in [5.41, 5.74) is 1.94. The first-order valence-corrected chi connectivity index (χ1v) is 5.28. The summed E-state index contributed by atoms with van der Waals surface area (Å²) < 4.78 is 0. The van der Waals surface area contributed by atoms with Crippen LogP contribution in [0.4, 0.5) is 0 Å². The third-order valence-corrected chi connectivity index (χ3v) is 3.07. The first-order chi connectivity index (χ1) is 8.15. The van der Waals surface area contributed by atoms with Gasteiger partial charge >= 0.3 is 0 Å². The summed E-state index contributed by atoms with van der Waals surface area (Å²) in [6.07, 6.45) is 3.56. The van der Waals surface area contributed by atoms with Gasteiger partial charge in [0.2, 0.25) is 0 Å². The van der Waals surface area contributed by atoms with Crippen molar-refractivity contribution in [2.45, 2.75) is 6.42 Å². The fourth-order valence-corrected chi connectivity index (χ4v) is 2.41. The molecule has 1 aliphatic heterocycles. The molecule has 1 aliphatic carbocycles. The molecule has 5 heteroatoms. The van der Waals surface area contributed by atoms with Gasteiger partial charge in [0.25, 0.3) is 5.70 Å². The summed E-state index contributed by atoms with van der Waals surface area (Å²) in [7, 11) is 0. The second-order valence-corrected chi connectivity index (χ2v) is 4.20. The molecule has 1 heterocycles. The van der Waals surface area contributed by atoms with E-state index in [2.05, 4.69) is 0 Å². The van der Waals surface area contributed by atoms with Crippen molar-refractivity contribution in [1.29, 1.82) is 0 Å². The molecular weight excluding hydrogens is 220 g/mol. The van der Waals surface area contributed by atoms with Gasteiger partial charge in [0.1, 0.15) is 0 Å². The fraction of sp³-hybridized carbons (Fsp3) is 0.167. The third-order valence-electron chi connectivity index (χ3n) is 3.07. The molecule has 0 amide bonds. The van der Waals surface area contributed by atoms with Crippen LogP contribution in [0.5, 0.6) is 0 Å². The molecule has 1 N–H and O–H groups in total. The van der Waals surface area contributed by atoms with E-state index in [-0.39, 0.29) is 10.6 Å². The molecule has 0 radical (unpaired) electrons. The third kappa shape index (κ3) is 1.52. The van der Waals surface area contributed by atoms with Crippen LogP contribution in [0.2, 0.25) is 0 Å². The zero-order chi connectivity index (χ0) is 12.0. The Morgan fingerprint density at radius 1 is 1.41 bits per heavy atom. The van der Waals surface area contributed by atoms with E-state index in [1.807, 2.05) is 18.2 Å². The average Bonchev–Trinajstić information content (AvgIpc) is 2.28. The van der Waals surface area contributed by atoms with Crippen LogP contribution in [0.3, 0.4) is 0 Å². The highest BCUT2D eigenvalue weighted by molar-refractivity contribution is 5.65. The molecule has 1 aromatic rings. The number of nitro groups is 1. The normalized spacial score (nSPS) is 17.1. The predicted octanol–water partition coefficient (Wildman–Crippen LogP) is -0.00320. The van der Waals surface area contributed by atoms with Crippen LogP contribution in [-0.4, -0.2) is 21.7 Å².